The van der Waals surface area contributed by atoms with Crippen molar-refractivity contribution in [2.45, 2.75) is 26.8 Å². The lowest BCUT2D eigenvalue weighted by Crippen LogP contribution is -2.33. The standard InChI is InChI=1S/C19H15N3O5S/c1-10-11(2)28-16-15(10)19(26)21(9-20-16)8-7-14(23)27-22-17(24)12-5-3-4-6-13(12)18(22)25/h3-6,9H,7-8H2,1-2H3. The summed E-state index contributed by atoms with van der Waals surface area (Å²) < 4.78 is 1.32. The smallest absolute Gasteiger partial charge is 0.330 e. The number of benzene rings is 1. The summed E-state index contributed by atoms with van der Waals surface area (Å²) in [6.45, 7) is 3.81. The van der Waals surface area contributed by atoms with Gasteiger partial charge in [-0.15, -0.1) is 11.3 Å². The molecule has 1 aliphatic heterocycles. The molecular formula is C19H15N3O5S. The maximum absolute atomic E-state index is 12.6. The van der Waals surface area contributed by atoms with Crippen molar-refractivity contribution < 1.29 is 19.2 Å². The highest BCUT2D eigenvalue weighted by molar-refractivity contribution is 7.18. The van der Waals surface area contributed by atoms with Crippen LogP contribution in [0.2, 0.25) is 0 Å². The Kier molecular flexibility index (Phi) is 4.31. The highest BCUT2D eigenvalue weighted by Gasteiger charge is 2.38. The minimum absolute atomic E-state index is 0.0259. The third kappa shape index (κ3) is 2.80. The normalized spacial score (nSPS) is 13.3. The van der Waals surface area contributed by atoms with Crippen LogP contribution in [0.25, 0.3) is 10.2 Å². The summed E-state index contributed by atoms with van der Waals surface area (Å²) in [4.78, 5) is 60.1. The molecule has 0 fully saturated rings. The number of hydrogen-bond donors (Lipinski definition) is 0. The van der Waals surface area contributed by atoms with Crippen LogP contribution < -0.4 is 5.56 Å². The van der Waals surface area contributed by atoms with Crippen LogP contribution in [-0.2, 0) is 16.2 Å². The average molecular weight is 397 g/mol. The van der Waals surface area contributed by atoms with Gasteiger partial charge in [-0.05, 0) is 31.5 Å². The lowest BCUT2D eigenvalue weighted by atomic mass is 10.1. The van der Waals surface area contributed by atoms with Gasteiger partial charge in [-0.3, -0.25) is 19.0 Å². The summed E-state index contributed by atoms with van der Waals surface area (Å²) in [5.41, 5.74) is 1.02. The second kappa shape index (κ2) is 6.68. The van der Waals surface area contributed by atoms with Gasteiger partial charge in [0, 0.05) is 11.4 Å². The van der Waals surface area contributed by atoms with E-state index >= 15 is 0 Å². The maximum Gasteiger partial charge on any atom is 0.335 e. The molecular weight excluding hydrogens is 382 g/mol. The Balaban J connectivity index is 1.47. The van der Waals surface area contributed by atoms with E-state index in [-0.39, 0.29) is 29.7 Å². The third-order valence-corrected chi connectivity index (χ3v) is 5.78. The number of nitrogens with zero attached hydrogens (tertiary/aromatic N) is 3. The molecule has 28 heavy (non-hydrogen) atoms. The molecule has 0 N–H and O–H groups in total. The second-order valence-corrected chi connectivity index (χ2v) is 7.57. The zero-order valence-corrected chi connectivity index (χ0v) is 15.9. The quantitative estimate of drug-likeness (QED) is 0.626. The Morgan fingerprint density at radius 2 is 1.75 bits per heavy atom. The Morgan fingerprint density at radius 3 is 2.39 bits per heavy atom. The summed E-state index contributed by atoms with van der Waals surface area (Å²) in [5.74, 6) is -2.16. The summed E-state index contributed by atoms with van der Waals surface area (Å²) in [5, 5.41) is 1.00. The van der Waals surface area contributed by atoms with E-state index in [1.54, 1.807) is 12.1 Å². The first-order valence-electron chi connectivity index (χ1n) is 8.52. The zero-order chi connectivity index (χ0) is 20.0. The first-order chi connectivity index (χ1) is 13.4. The molecule has 0 aliphatic carbocycles. The van der Waals surface area contributed by atoms with E-state index in [1.807, 2.05) is 13.8 Å². The van der Waals surface area contributed by atoms with Crippen LogP contribution in [0.3, 0.4) is 0 Å². The SMILES string of the molecule is Cc1sc2ncn(CCC(=O)ON3C(=O)c4ccccc4C3=O)c(=O)c2c1C. The number of imide groups is 1. The van der Waals surface area contributed by atoms with Crippen LogP contribution >= 0.6 is 11.3 Å². The van der Waals surface area contributed by atoms with Crippen LogP contribution in [0, 0.1) is 13.8 Å². The molecule has 0 atom stereocenters. The van der Waals surface area contributed by atoms with Crippen molar-refractivity contribution in [3.05, 3.63) is 62.5 Å². The number of aromatic nitrogens is 2. The lowest BCUT2D eigenvalue weighted by molar-refractivity contribution is -0.168. The molecule has 0 radical (unpaired) electrons. The molecule has 0 unspecified atom stereocenters. The van der Waals surface area contributed by atoms with E-state index < -0.39 is 17.8 Å². The number of hydroxylamine groups is 2. The van der Waals surface area contributed by atoms with Crippen molar-refractivity contribution >= 4 is 39.3 Å². The minimum Gasteiger partial charge on any atom is -0.330 e. The number of thiophene rings is 1. The first kappa shape index (κ1) is 18.1. The van der Waals surface area contributed by atoms with Gasteiger partial charge in [0.1, 0.15) is 4.83 Å². The van der Waals surface area contributed by atoms with Crippen molar-refractivity contribution in [2.24, 2.45) is 0 Å². The molecule has 0 spiro atoms. The van der Waals surface area contributed by atoms with Gasteiger partial charge in [0.2, 0.25) is 0 Å². The fourth-order valence-electron chi connectivity index (χ4n) is 3.04. The minimum atomic E-state index is -0.792. The molecule has 3 heterocycles. The molecule has 0 bridgehead atoms. The van der Waals surface area contributed by atoms with Crippen molar-refractivity contribution in [3.8, 4) is 0 Å². The summed E-state index contributed by atoms with van der Waals surface area (Å²) in [6, 6.07) is 6.24. The highest BCUT2D eigenvalue weighted by Crippen LogP contribution is 2.25. The van der Waals surface area contributed by atoms with Gasteiger partial charge in [-0.1, -0.05) is 17.2 Å². The van der Waals surface area contributed by atoms with Gasteiger partial charge in [-0.25, -0.2) is 9.78 Å². The summed E-state index contributed by atoms with van der Waals surface area (Å²) in [6.07, 6.45) is 1.19. The predicted molar refractivity (Wildman–Crippen MR) is 101 cm³/mol. The highest BCUT2D eigenvalue weighted by atomic mass is 32.1. The predicted octanol–water partition coefficient (Wildman–Crippen LogP) is 2.22. The molecule has 1 aromatic carbocycles. The Hall–Kier alpha value is -3.33. The number of hydrogen-bond acceptors (Lipinski definition) is 7. The van der Waals surface area contributed by atoms with Crippen molar-refractivity contribution in [1.82, 2.24) is 14.6 Å². The molecule has 1 aliphatic rings. The van der Waals surface area contributed by atoms with Crippen LogP contribution in [0.5, 0.6) is 0 Å². The van der Waals surface area contributed by atoms with Crippen LogP contribution in [-0.4, -0.2) is 32.4 Å². The summed E-state index contributed by atoms with van der Waals surface area (Å²) in [7, 11) is 0. The number of carbonyl (C=O) groups excluding carboxylic acids is 3. The second-order valence-electron chi connectivity index (χ2n) is 6.37. The Morgan fingerprint density at radius 1 is 1.11 bits per heavy atom. The van der Waals surface area contributed by atoms with Gasteiger partial charge >= 0.3 is 5.97 Å². The molecule has 0 saturated carbocycles. The monoisotopic (exact) mass is 397 g/mol. The molecule has 2 aromatic heterocycles. The van der Waals surface area contributed by atoms with Crippen LogP contribution in [0.15, 0.2) is 35.4 Å². The fraction of sp³-hybridized carbons (Fsp3) is 0.211. The largest absolute Gasteiger partial charge is 0.335 e. The number of amides is 2. The topological polar surface area (TPSA) is 98.6 Å². The number of aryl methyl sites for hydroxylation is 3. The van der Waals surface area contributed by atoms with Gasteiger partial charge in [0.15, 0.2) is 0 Å². The van der Waals surface area contributed by atoms with Gasteiger partial charge in [0.05, 0.1) is 29.3 Å². The third-order valence-electron chi connectivity index (χ3n) is 4.66. The van der Waals surface area contributed by atoms with Gasteiger partial charge < -0.3 is 4.84 Å². The Labute approximate surface area is 162 Å². The molecule has 0 saturated heterocycles. The van der Waals surface area contributed by atoms with Crippen molar-refractivity contribution in [1.29, 1.82) is 0 Å². The van der Waals surface area contributed by atoms with E-state index in [0.29, 0.717) is 15.3 Å². The van der Waals surface area contributed by atoms with Gasteiger partial charge in [-0.2, -0.15) is 0 Å². The molecule has 9 heteroatoms. The van der Waals surface area contributed by atoms with Crippen molar-refractivity contribution in [2.75, 3.05) is 0 Å². The lowest BCUT2D eigenvalue weighted by Gasteiger charge is -2.13. The van der Waals surface area contributed by atoms with Crippen molar-refractivity contribution in [3.63, 3.8) is 0 Å². The molecule has 2 amide bonds. The number of fused-ring (bicyclic) bond motifs is 2. The number of carbonyl (C=O) groups is 3. The van der Waals surface area contributed by atoms with E-state index in [9.17, 15) is 19.2 Å². The molecule has 142 valence electrons. The molecule has 3 aromatic rings. The molecule has 8 nitrogen and oxygen atoms in total. The summed E-state index contributed by atoms with van der Waals surface area (Å²) >= 11 is 1.44. The number of rotatable bonds is 4. The van der Waals surface area contributed by atoms with Crippen LogP contribution in [0.1, 0.15) is 37.6 Å². The van der Waals surface area contributed by atoms with Crippen LogP contribution in [0.4, 0.5) is 0 Å². The van der Waals surface area contributed by atoms with E-state index in [2.05, 4.69) is 4.98 Å². The Bertz CT molecular complexity index is 1170. The molecule has 4 rings (SSSR count). The van der Waals surface area contributed by atoms with Gasteiger partial charge in [0.25, 0.3) is 17.4 Å². The van der Waals surface area contributed by atoms with E-state index in [4.69, 9.17) is 4.84 Å². The fourth-order valence-corrected chi connectivity index (χ4v) is 4.03. The van der Waals surface area contributed by atoms with E-state index in [0.717, 1.165) is 10.4 Å². The first-order valence-corrected chi connectivity index (χ1v) is 9.34. The zero-order valence-electron chi connectivity index (χ0n) is 15.1. The van der Waals surface area contributed by atoms with E-state index in [1.165, 1.54) is 34.4 Å². The average Bonchev–Trinajstić information content (AvgIpc) is 3.10. The maximum atomic E-state index is 12.6.